The van der Waals surface area contributed by atoms with E-state index in [4.69, 9.17) is 4.98 Å². The highest BCUT2D eigenvalue weighted by Gasteiger charge is 2.17. The predicted molar refractivity (Wildman–Crippen MR) is 128 cm³/mol. The van der Waals surface area contributed by atoms with E-state index in [-0.39, 0.29) is 0 Å². The molecule has 0 fully saturated rings. The Morgan fingerprint density at radius 1 is 0.969 bits per heavy atom. The molecule has 0 radical (unpaired) electrons. The van der Waals surface area contributed by atoms with Crippen LogP contribution in [0.4, 0.5) is 5.69 Å². The van der Waals surface area contributed by atoms with Crippen LogP contribution in [0, 0.1) is 0 Å². The average Bonchev–Trinajstić information content (AvgIpc) is 3.57. The lowest BCUT2D eigenvalue weighted by atomic mass is 10.1. The van der Waals surface area contributed by atoms with Crippen molar-refractivity contribution in [3.05, 3.63) is 60.5 Å². The second-order valence-corrected chi connectivity index (χ2v) is 8.58. The van der Waals surface area contributed by atoms with E-state index in [1.54, 1.807) is 23.7 Å². The van der Waals surface area contributed by atoms with Gasteiger partial charge in [0, 0.05) is 37.4 Å². The molecule has 9 heteroatoms. The van der Waals surface area contributed by atoms with Gasteiger partial charge in [-0.2, -0.15) is 5.10 Å². The number of rotatable bonds is 4. The molecule has 156 valence electrons. The summed E-state index contributed by atoms with van der Waals surface area (Å²) in [5.41, 5.74) is 7.00. The standard InChI is InChI=1S/C23H18N8S/c1-31(2)14-8-13(10-24-11-14)17-9-15-18(12-26-17)29-30-20(15)23-27-16-5-6-25-22(21(16)28-23)19-4-3-7-32-19/h3-12H,1-2H3,(H,27,28)(H,29,30). The lowest BCUT2D eigenvalue weighted by molar-refractivity contribution is 1.10. The maximum absolute atomic E-state index is 4.87. The van der Waals surface area contributed by atoms with Gasteiger partial charge in [0.2, 0.25) is 0 Å². The maximum Gasteiger partial charge on any atom is 0.159 e. The Hall–Kier alpha value is -4.11. The highest BCUT2D eigenvalue weighted by molar-refractivity contribution is 7.13. The number of hydrogen-bond donors (Lipinski definition) is 2. The monoisotopic (exact) mass is 438 g/mol. The van der Waals surface area contributed by atoms with Crippen LogP contribution in [0.1, 0.15) is 0 Å². The Bertz CT molecular complexity index is 1560. The second kappa shape index (κ2) is 7.24. The molecule has 0 aromatic carbocycles. The minimum absolute atomic E-state index is 0.689. The van der Waals surface area contributed by atoms with E-state index in [1.807, 2.05) is 55.0 Å². The number of H-pyrrole nitrogens is 2. The first-order chi connectivity index (χ1) is 15.7. The van der Waals surface area contributed by atoms with E-state index in [0.29, 0.717) is 5.82 Å². The van der Waals surface area contributed by atoms with Crippen LogP contribution in [-0.2, 0) is 0 Å². The number of thiophene rings is 1. The number of imidazole rings is 1. The molecule has 6 rings (SSSR count). The third-order valence-electron chi connectivity index (χ3n) is 5.36. The van der Waals surface area contributed by atoms with Gasteiger partial charge in [-0.25, -0.2) is 4.98 Å². The van der Waals surface area contributed by atoms with E-state index in [0.717, 1.165) is 55.1 Å². The minimum Gasteiger partial charge on any atom is -0.376 e. The molecule has 6 aromatic rings. The first-order valence-corrected chi connectivity index (χ1v) is 10.9. The van der Waals surface area contributed by atoms with Crippen molar-refractivity contribution in [2.45, 2.75) is 0 Å². The van der Waals surface area contributed by atoms with E-state index in [2.05, 4.69) is 42.3 Å². The second-order valence-electron chi connectivity index (χ2n) is 7.63. The maximum atomic E-state index is 4.87. The lowest BCUT2D eigenvalue weighted by Crippen LogP contribution is -2.08. The van der Waals surface area contributed by atoms with E-state index < -0.39 is 0 Å². The van der Waals surface area contributed by atoms with Gasteiger partial charge in [0.25, 0.3) is 0 Å². The molecule has 0 unspecified atom stereocenters. The van der Waals surface area contributed by atoms with Crippen LogP contribution in [0.2, 0.25) is 0 Å². The van der Waals surface area contributed by atoms with Crippen molar-refractivity contribution in [2.75, 3.05) is 19.0 Å². The molecule has 0 saturated heterocycles. The molecule has 32 heavy (non-hydrogen) atoms. The fourth-order valence-corrected chi connectivity index (χ4v) is 4.43. The van der Waals surface area contributed by atoms with Crippen LogP contribution in [0.25, 0.3) is 55.3 Å². The van der Waals surface area contributed by atoms with Gasteiger partial charge in [-0.3, -0.25) is 20.1 Å². The van der Waals surface area contributed by atoms with Crippen molar-refractivity contribution < 1.29 is 0 Å². The number of anilines is 1. The molecule has 0 amide bonds. The van der Waals surface area contributed by atoms with Gasteiger partial charge in [0.15, 0.2) is 5.82 Å². The number of fused-ring (bicyclic) bond motifs is 2. The van der Waals surface area contributed by atoms with Crippen molar-refractivity contribution >= 4 is 39.0 Å². The highest BCUT2D eigenvalue weighted by atomic mass is 32.1. The summed E-state index contributed by atoms with van der Waals surface area (Å²) in [5, 5.41) is 10.6. The van der Waals surface area contributed by atoms with Crippen LogP contribution in [-0.4, -0.2) is 49.2 Å². The van der Waals surface area contributed by atoms with Gasteiger partial charge in [-0.05, 0) is 29.6 Å². The lowest BCUT2D eigenvalue weighted by Gasteiger charge is -2.12. The SMILES string of the molecule is CN(C)c1cncc(-c2cc3c(-c4nc5c(-c6cccs6)nccc5[nH]4)n[nH]c3cn2)c1. The number of pyridine rings is 3. The molecule has 0 atom stereocenters. The summed E-state index contributed by atoms with van der Waals surface area (Å²) in [5.74, 6) is 0.689. The van der Waals surface area contributed by atoms with Crippen LogP contribution in [0.15, 0.2) is 60.5 Å². The predicted octanol–water partition coefficient (Wildman–Crippen LogP) is 4.75. The van der Waals surface area contributed by atoms with Crippen molar-refractivity contribution in [3.8, 4) is 33.3 Å². The van der Waals surface area contributed by atoms with Crippen LogP contribution < -0.4 is 4.90 Å². The quantitative estimate of drug-likeness (QED) is 0.412. The molecular formula is C23H18N8S. The van der Waals surface area contributed by atoms with Crippen molar-refractivity contribution in [1.82, 2.24) is 35.1 Å². The molecule has 0 aliphatic heterocycles. The van der Waals surface area contributed by atoms with E-state index >= 15 is 0 Å². The van der Waals surface area contributed by atoms with Crippen LogP contribution >= 0.6 is 11.3 Å². The van der Waals surface area contributed by atoms with Crippen molar-refractivity contribution in [2.24, 2.45) is 0 Å². The topological polar surface area (TPSA) is 99.3 Å². The Balaban J connectivity index is 1.49. The highest BCUT2D eigenvalue weighted by Crippen LogP contribution is 2.33. The Morgan fingerprint density at radius 2 is 1.91 bits per heavy atom. The zero-order valence-electron chi connectivity index (χ0n) is 17.4. The fourth-order valence-electron chi connectivity index (χ4n) is 3.71. The third-order valence-corrected chi connectivity index (χ3v) is 6.24. The number of aromatic amines is 2. The number of nitrogens with one attached hydrogen (secondary N) is 2. The van der Waals surface area contributed by atoms with Crippen LogP contribution in [0.3, 0.4) is 0 Å². The third kappa shape index (κ3) is 3.02. The first-order valence-electron chi connectivity index (χ1n) is 10.0. The van der Waals surface area contributed by atoms with Gasteiger partial charge in [0.1, 0.15) is 16.9 Å². The molecule has 0 saturated carbocycles. The zero-order chi connectivity index (χ0) is 21.7. The van der Waals surface area contributed by atoms with Gasteiger partial charge >= 0.3 is 0 Å². The number of aromatic nitrogens is 7. The summed E-state index contributed by atoms with van der Waals surface area (Å²) >= 11 is 1.65. The Morgan fingerprint density at radius 3 is 2.75 bits per heavy atom. The summed E-state index contributed by atoms with van der Waals surface area (Å²) in [6.45, 7) is 0. The van der Waals surface area contributed by atoms with E-state index in [9.17, 15) is 0 Å². The Kier molecular flexibility index (Phi) is 4.22. The van der Waals surface area contributed by atoms with Crippen molar-refractivity contribution in [3.63, 3.8) is 0 Å². The van der Waals surface area contributed by atoms with Crippen molar-refractivity contribution in [1.29, 1.82) is 0 Å². The normalized spacial score (nSPS) is 11.4. The molecule has 0 aliphatic rings. The summed E-state index contributed by atoms with van der Waals surface area (Å²) in [6.07, 6.45) is 7.25. The molecule has 0 bridgehead atoms. The summed E-state index contributed by atoms with van der Waals surface area (Å²) in [4.78, 5) is 24.9. The zero-order valence-corrected chi connectivity index (χ0v) is 18.2. The van der Waals surface area contributed by atoms with Crippen LogP contribution in [0.5, 0.6) is 0 Å². The Labute approximate surface area is 187 Å². The van der Waals surface area contributed by atoms with Gasteiger partial charge in [-0.1, -0.05) is 6.07 Å². The summed E-state index contributed by atoms with van der Waals surface area (Å²) < 4.78 is 0. The number of nitrogens with zero attached hydrogens (tertiary/aromatic N) is 6. The smallest absolute Gasteiger partial charge is 0.159 e. The first kappa shape index (κ1) is 18.6. The average molecular weight is 439 g/mol. The summed E-state index contributed by atoms with van der Waals surface area (Å²) in [6, 6.07) is 10.1. The largest absolute Gasteiger partial charge is 0.376 e. The minimum atomic E-state index is 0.689. The molecule has 2 N–H and O–H groups in total. The molecule has 8 nitrogen and oxygen atoms in total. The molecule has 6 heterocycles. The fraction of sp³-hybridized carbons (Fsp3) is 0.0870. The molecule has 0 spiro atoms. The molecule has 0 aliphatic carbocycles. The molecular weight excluding hydrogens is 420 g/mol. The summed E-state index contributed by atoms with van der Waals surface area (Å²) in [7, 11) is 3.99. The number of hydrogen-bond acceptors (Lipinski definition) is 7. The molecule has 6 aromatic heterocycles. The van der Waals surface area contributed by atoms with Gasteiger partial charge in [0.05, 0.1) is 39.7 Å². The van der Waals surface area contributed by atoms with Gasteiger partial charge in [-0.15, -0.1) is 11.3 Å². The van der Waals surface area contributed by atoms with E-state index in [1.165, 1.54) is 0 Å². The van der Waals surface area contributed by atoms with Gasteiger partial charge < -0.3 is 9.88 Å².